The van der Waals surface area contributed by atoms with Crippen LogP contribution in [0.4, 0.5) is 4.39 Å². The van der Waals surface area contributed by atoms with E-state index in [1.807, 2.05) is 0 Å². The molecule has 0 bridgehead atoms. The molecule has 0 fully saturated rings. The summed E-state index contributed by atoms with van der Waals surface area (Å²) in [6.07, 6.45) is -0.0555. The average molecular weight is 318 g/mol. The summed E-state index contributed by atoms with van der Waals surface area (Å²) in [5.74, 6) is -0.749. The maximum absolute atomic E-state index is 13.1. The van der Waals surface area contributed by atoms with Crippen molar-refractivity contribution in [1.29, 1.82) is 0 Å². The lowest BCUT2D eigenvalue weighted by Crippen LogP contribution is -2.06. The first kappa shape index (κ1) is 14.3. The average Bonchev–Trinajstić information content (AvgIpc) is 2.33. The highest BCUT2D eigenvalue weighted by molar-refractivity contribution is 6.40. The van der Waals surface area contributed by atoms with Gasteiger partial charge in [-0.15, -0.1) is 0 Å². The van der Waals surface area contributed by atoms with Crippen LogP contribution < -0.4 is 0 Å². The molecule has 19 heavy (non-hydrogen) atoms. The quantitative estimate of drug-likeness (QED) is 0.710. The van der Waals surface area contributed by atoms with E-state index in [0.717, 1.165) is 0 Å². The minimum atomic E-state index is -0.447. The number of halogens is 4. The second-order valence-electron chi connectivity index (χ2n) is 3.93. The van der Waals surface area contributed by atoms with Gasteiger partial charge in [0.15, 0.2) is 5.78 Å². The molecular formula is C14H8Cl3FO. The first-order chi connectivity index (χ1) is 8.99. The fourth-order valence-electron chi connectivity index (χ4n) is 1.70. The Labute approximate surface area is 124 Å². The van der Waals surface area contributed by atoms with Gasteiger partial charge in [0.05, 0.1) is 15.6 Å². The van der Waals surface area contributed by atoms with Crippen LogP contribution in [0.2, 0.25) is 15.1 Å². The summed E-state index contributed by atoms with van der Waals surface area (Å²) in [5, 5.41) is 0.868. The van der Waals surface area contributed by atoms with Crippen LogP contribution in [0.15, 0.2) is 36.4 Å². The molecule has 2 rings (SSSR count). The Balaban J connectivity index is 2.34. The molecule has 2 aromatic rings. The number of ketones is 1. The molecule has 1 nitrogen and oxygen atoms in total. The predicted octanol–water partition coefficient (Wildman–Crippen LogP) is 5.21. The van der Waals surface area contributed by atoms with Gasteiger partial charge in [-0.3, -0.25) is 4.79 Å². The van der Waals surface area contributed by atoms with E-state index in [1.165, 1.54) is 18.2 Å². The van der Waals surface area contributed by atoms with Crippen LogP contribution in [0.5, 0.6) is 0 Å². The number of benzene rings is 2. The minimum Gasteiger partial charge on any atom is -0.294 e. The van der Waals surface area contributed by atoms with Gasteiger partial charge in [0, 0.05) is 11.4 Å². The van der Waals surface area contributed by atoms with E-state index >= 15 is 0 Å². The maximum atomic E-state index is 13.1. The van der Waals surface area contributed by atoms with Gasteiger partial charge in [-0.05, 0) is 35.9 Å². The van der Waals surface area contributed by atoms with Gasteiger partial charge in [-0.2, -0.15) is 0 Å². The van der Waals surface area contributed by atoms with E-state index < -0.39 is 5.82 Å². The highest BCUT2D eigenvalue weighted by Crippen LogP contribution is 2.27. The first-order valence-corrected chi connectivity index (χ1v) is 6.53. The standard InChI is InChI=1S/C14H8Cl3FO/c15-10-5-4-9(18)6-8(10)7-13(19)14-11(16)2-1-3-12(14)17/h1-6H,7H2. The topological polar surface area (TPSA) is 17.1 Å². The monoisotopic (exact) mass is 316 g/mol. The van der Waals surface area contributed by atoms with Crippen LogP contribution in [-0.4, -0.2) is 5.78 Å². The molecule has 0 amide bonds. The smallest absolute Gasteiger partial charge is 0.170 e. The number of hydrogen-bond acceptors (Lipinski definition) is 1. The Morgan fingerprint density at radius 1 is 1.00 bits per heavy atom. The molecule has 0 N–H and O–H groups in total. The molecule has 0 aliphatic carbocycles. The van der Waals surface area contributed by atoms with Gasteiger partial charge in [0.2, 0.25) is 0 Å². The molecule has 0 aliphatic rings. The molecule has 98 valence electrons. The number of hydrogen-bond donors (Lipinski definition) is 0. The summed E-state index contributed by atoms with van der Waals surface area (Å²) >= 11 is 17.8. The van der Waals surface area contributed by atoms with Crippen LogP contribution >= 0.6 is 34.8 Å². The maximum Gasteiger partial charge on any atom is 0.170 e. The lowest BCUT2D eigenvalue weighted by molar-refractivity contribution is 0.0993. The van der Waals surface area contributed by atoms with E-state index in [-0.39, 0.29) is 27.8 Å². The second-order valence-corrected chi connectivity index (χ2v) is 5.15. The lowest BCUT2D eigenvalue weighted by atomic mass is 10.0. The number of Topliss-reactive ketones (excluding diaryl/α,β-unsaturated/α-hetero) is 1. The van der Waals surface area contributed by atoms with Crippen molar-refractivity contribution in [2.45, 2.75) is 6.42 Å². The Kier molecular flexibility index (Phi) is 4.46. The summed E-state index contributed by atoms with van der Waals surface area (Å²) in [6, 6.07) is 8.68. The third kappa shape index (κ3) is 3.27. The van der Waals surface area contributed by atoms with E-state index in [2.05, 4.69) is 0 Å². The van der Waals surface area contributed by atoms with Gasteiger partial charge >= 0.3 is 0 Å². The zero-order valence-electron chi connectivity index (χ0n) is 9.59. The first-order valence-electron chi connectivity index (χ1n) is 5.40. The molecule has 0 aliphatic heterocycles. The van der Waals surface area contributed by atoms with Crippen molar-refractivity contribution in [1.82, 2.24) is 0 Å². The van der Waals surface area contributed by atoms with E-state index in [1.54, 1.807) is 18.2 Å². The minimum absolute atomic E-state index is 0.0555. The molecular weight excluding hydrogens is 310 g/mol. The third-order valence-corrected chi connectivity index (χ3v) is 3.60. The van der Waals surface area contributed by atoms with Gasteiger partial charge < -0.3 is 0 Å². The highest BCUT2D eigenvalue weighted by Gasteiger charge is 2.16. The van der Waals surface area contributed by atoms with Gasteiger partial charge in [-0.25, -0.2) is 4.39 Å². The van der Waals surface area contributed by atoms with Crippen LogP contribution in [0.25, 0.3) is 0 Å². The second kappa shape index (κ2) is 5.91. The zero-order valence-corrected chi connectivity index (χ0v) is 11.9. The fraction of sp³-hybridized carbons (Fsp3) is 0.0714. The molecule has 0 atom stereocenters. The van der Waals surface area contributed by atoms with Crippen molar-refractivity contribution in [3.05, 3.63) is 68.4 Å². The summed E-state index contributed by atoms with van der Waals surface area (Å²) in [7, 11) is 0. The summed E-state index contributed by atoms with van der Waals surface area (Å²) < 4.78 is 13.1. The SMILES string of the molecule is O=C(Cc1cc(F)ccc1Cl)c1c(Cl)cccc1Cl. The summed E-state index contributed by atoms with van der Waals surface area (Å²) in [4.78, 5) is 12.2. The van der Waals surface area contributed by atoms with Crippen molar-refractivity contribution >= 4 is 40.6 Å². The number of carbonyl (C=O) groups is 1. The zero-order chi connectivity index (χ0) is 14.0. The van der Waals surface area contributed by atoms with Gasteiger partial charge in [0.25, 0.3) is 0 Å². The molecule has 0 heterocycles. The number of carbonyl (C=O) groups excluding carboxylic acids is 1. The molecule has 0 saturated heterocycles. The van der Waals surface area contributed by atoms with Crippen molar-refractivity contribution in [3.8, 4) is 0 Å². The highest BCUT2D eigenvalue weighted by atomic mass is 35.5. The predicted molar refractivity (Wildman–Crippen MR) is 75.9 cm³/mol. The van der Waals surface area contributed by atoms with Crippen LogP contribution in [-0.2, 0) is 6.42 Å². The molecule has 2 aromatic carbocycles. The van der Waals surface area contributed by atoms with Crippen LogP contribution in [0.1, 0.15) is 15.9 Å². The van der Waals surface area contributed by atoms with E-state index in [4.69, 9.17) is 34.8 Å². The molecule has 0 radical (unpaired) electrons. The summed E-state index contributed by atoms with van der Waals surface area (Å²) in [5.41, 5.74) is 0.633. The van der Waals surface area contributed by atoms with E-state index in [9.17, 15) is 9.18 Å². The summed E-state index contributed by atoms with van der Waals surface area (Å²) in [6.45, 7) is 0. The molecule has 0 aromatic heterocycles. The fourth-order valence-corrected chi connectivity index (χ4v) is 2.50. The Morgan fingerprint density at radius 3 is 2.26 bits per heavy atom. The lowest BCUT2D eigenvalue weighted by Gasteiger charge is -2.07. The Bertz CT molecular complexity index is 620. The van der Waals surface area contributed by atoms with Crippen molar-refractivity contribution in [2.24, 2.45) is 0 Å². The molecule has 0 spiro atoms. The largest absolute Gasteiger partial charge is 0.294 e. The van der Waals surface area contributed by atoms with Crippen molar-refractivity contribution in [3.63, 3.8) is 0 Å². The van der Waals surface area contributed by atoms with Gasteiger partial charge in [-0.1, -0.05) is 40.9 Å². The van der Waals surface area contributed by atoms with Crippen LogP contribution in [0, 0.1) is 5.82 Å². The molecule has 0 saturated carbocycles. The van der Waals surface area contributed by atoms with E-state index in [0.29, 0.717) is 10.6 Å². The normalized spacial score (nSPS) is 10.5. The Morgan fingerprint density at radius 2 is 1.63 bits per heavy atom. The van der Waals surface area contributed by atoms with Crippen molar-refractivity contribution < 1.29 is 9.18 Å². The van der Waals surface area contributed by atoms with Crippen molar-refractivity contribution in [2.75, 3.05) is 0 Å². The molecule has 5 heteroatoms. The Hall–Kier alpha value is -1.09. The van der Waals surface area contributed by atoms with Gasteiger partial charge in [0.1, 0.15) is 5.82 Å². The third-order valence-electron chi connectivity index (χ3n) is 2.60. The number of rotatable bonds is 3. The van der Waals surface area contributed by atoms with Crippen LogP contribution in [0.3, 0.4) is 0 Å². The molecule has 0 unspecified atom stereocenters.